The second-order valence-corrected chi connectivity index (χ2v) is 5.80. The second-order valence-electron chi connectivity index (χ2n) is 5.39. The molecule has 1 amide bonds. The summed E-state index contributed by atoms with van der Waals surface area (Å²) in [5.41, 5.74) is 2.88. The van der Waals surface area contributed by atoms with Gasteiger partial charge in [0.1, 0.15) is 5.69 Å². The van der Waals surface area contributed by atoms with Gasteiger partial charge in [-0.3, -0.25) is 9.78 Å². The van der Waals surface area contributed by atoms with Crippen molar-refractivity contribution in [3.63, 3.8) is 0 Å². The smallest absolute Gasteiger partial charge is 0.274 e. The molecule has 7 heteroatoms. The number of benzene rings is 1. The first-order valence-corrected chi connectivity index (χ1v) is 8.03. The minimum Gasteiger partial charge on any atom is -0.350 e. The lowest BCUT2D eigenvalue weighted by Gasteiger charge is -2.08. The van der Waals surface area contributed by atoms with Crippen LogP contribution in [0.25, 0.3) is 0 Å². The minimum atomic E-state index is -0.325. The summed E-state index contributed by atoms with van der Waals surface area (Å²) in [5.74, 6) is 0.0562. The molecular weight excluding hydrogens is 338 g/mol. The van der Waals surface area contributed by atoms with Crippen molar-refractivity contribution in [1.82, 2.24) is 15.0 Å². The van der Waals surface area contributed by atoms with Crippen LogP contribution in [-0.4, -0.2) is 20.9 Å². The molecule has 6 nitrogen and oxygen atoms in total. The van der Waals surface area contributed by atoms with Gasteiger partial charge in [-0.25, -0.2) is 9.97 Å². The van der Waals surface area contributed by atoms with Crippen molar-refractivity contribution in [2.75, 3.05) is 10.6 Å². The summed E-state index contributed by atoms with van der Waals surface area (Å²) in [4.78, 5) is 24.7. The van der Waals surface area contributed by atoms with E-state index in [1.54, 1.807) is 36.8 Å². The van der Waals surface area contributed by atoms with E-state index in [0.29, 0.717) is 23.2 Å². The predicted molar refractivity (Wildman–Crippen MR) is 97.7 cm³/mol. The van der Waals surface area contributed by atoms with E-state index in [-0.39, 0.29) is 11.6 Å². The zero-order valence-electron chi connectivity index (χ0n) is 13.5. The Balaban J connectivity index is 1.67. The molecule has 126 valence electrons. The van der Waals surface area contributed by atoms with Gasteiger partial charge in [0.15, 0.2) is 0 Å². The van der Waals surface area contributed by atoms with E-state index >= 15 is 0 Å². The van der Waals surface area contributed by atoms with Crippen LogP contribution in [-0.2, 0) is 6.54 Å². The van der Waals surface area contributed by atoms with Crippen LogP contribution in [0.5, 0.6) is 0 Å². The summed E-state index contributed by atoms with van der Waals surface area (Å²) in [6.45, 7) is 2.44. The molecule has 0 fully saturated rings. The maximum absolute atomic E-state index is 12.4. The molecule has 0 aliphatic heterocycles. The van der Waals surface area contributed by atoms with Crippen LogP contribution in [0.1, 0.15) is 21.6 Å². The number of carbonyl (C=O) groups excluding carboxylic acids is 1. The average molecular weight is 354 g/mol. The Kier molecular flexibility index (Phi) is 5.20. The number of hydrogen-bond acceptors (Lipinski definition) is 5. The number of nitrogens with one attached hydrogen (secondary N) is 2. The van der Waals surface area contributed by atoms with Crippen molar-refractivity contribution in [3.8, 4) is 0 Å². The molecule has 2 heterocycles. The monoisotopic (exact) mass is 353 g/mol. The lowest BCUT2D eigenvalue weighted by molar-refractivity contribution is 0.102. The molecule has 0 saturated carbocycles. The number of aryl methyl sites for hydroxylation is 1. The summed E-state index contributed by atoms with van der Waals surface area (Å²) in [7, 11) is 0. The molecule has 0 saturated heterocycles. The molecule has 25 heavy (non-hydrogen) atoms. The maximum atomic E-state index is 12.4. The van der Waals surface area contributed by atoms with Gasteiger partial charge in [-0.15, -0.1) is 0 Å². The molecular formula is C18H16ClN5O. The van der Waals surface area contributed by atoms with Crippen molar-refractivity contribution in [2.45, 2.75) is 13.5 Å². The van der Waals surface area contributed by atoms with Gasteiger partial charge >= 0.3 is 0 Å². The van der Waals surface area contributed by atoms with Gasteiger partial charge in [-0.05, 0) is 48.4 Å². The van der Waals surface area contributed by atoms with E-state index in [0.717, 1.165) is 11.1 Å². The Morgan fingerprint density at radius 2 is 1.92 bits per heavy atom. The fourth-order valence-electron chi connectivity index (χ4n) is 2.12. The van der Waals surface area contributed by atoms with Gasteiger partial charge in [0.25, 0.3) is 5.91 Å². The van der Waals surface area contributed by atoms with Gasteiger partial charge in [0.2, 0.25) is 5.95 Å². The SMILES string of the molecule is Cc1ccc(NC(=O)c2ccnc(NCc3ccncc3)n2)cc1Cl. The number of halogens is 1. The van der Waals surface area contributed by atoms with E-state index < -0.39 is 0 Å². The van der Waals surface area contributed by atoms with Crippen LogP contribution in [0.4, 0.5) is 11.6 Å². The number of nitrogens with zero attached hydrogens (tertiary/aromatic N) is 3. The third-order valence-corrected chi connectivity index (χ3v) is 3.93. The van der Waals surface area contributed by atoms with E-state index in [1.165, 1.54) is 0 Å². The van der Waals surface area contributed by atoms with Crippen LogP contribution < -0.4 is 10.6 Å². The van der Waals surface area contributed by atoms with Gasteiger partial charge in [-0.1, -0.05) is 17.7 Å². The summed E-state index contributed by atoms with van der Waals surface area (Å²) < 4.78 is 0. The molecule has 0 unspecified atom stereocenters. The Morgan fingerprint density at radius 3 is 2.68 bits per heavy atom. The molecule has 0 aliphatic carbocycles. The third kappa shape index (κ3) is 4.51. The molecule has 0 atom stereocenters. The quantitative estimate of drug-likeness (QED) is 0.731. The molecule has 0 aliphatic rings. The first-order valence-electron chi connectivity index (χ1n) is 7.65. The zero-order chi connectivity index (χ0) is 17.6. The second kappa shape index (κ2) is 7.72. The normalized spacial score (nSPS) is 10.3. The van der Waals surface area contributed by atoms with Crippen molar-refractivity contribution < 1.29 is 4.79 Å². The highest BCUT2D eigenvalue weighted by Crippen LogP contribution is 2.20. The Labute approximate surface area is 150 Å². The van der Waals surface area contributed by atoms with Crippen LogP contribution in [0.2, 0.25) is 5.02 Å². The number of hydrogen-bond donors (Lipinski definition) is 2. The largest absolute Gasteiger partial charge is 0.350 e. The summed E-state index contributed by atoms with van der Waals surface area (Å²) in [5, 5.41) is 6.46. The Hall–Kier alpha value is -2.99. The molecule has 3 aromatic rings. The molecule has 1 aromatic carbocycles. The van der Waals surface area contributed by atoms with E-state index in [4.69, 9.17) is 11.6 Å². The molecule has 0 radical (unpaired) electrons. The standard InChI is InChI=1S/C18H16ClN5O/c1-12-2-3-14(10-15(12)19)23-17(25)16-6-9-21-18(24-16)22-11-13-4-7-20-8-5-13/h2-10H,11H2,1H3,(H,23,25)(H,21,22,24). The lowest BCUT2D eigenvalue weighted by atomic mass is 10.2. The van der Waals surface area contributed by atoms with Crippen molar-refractivity contribution in [3.05, 3.63) is 76.8 Å². The number of rotatable bonds is 5. The topological polar surface area (TPSA) is 79.8 Å². The van der Waals surface area contributed by atoms with Crippen LogP contribution in [0.3, 0.4) is 0 Å². The van der Waals surface area contributed by atoms with Crippen molar-refractivity contribution >= 4 is 29.1 Å². The first kappa shape index (κ1) is 16.9. The van der Waals surface area contributed by atoms with Crippen LogP contribution in [0, 0.1) is 6.92 Å². The Bertz CT molecular complexity index is 886. The summed E-state index contributed by atoms with van der Waals surface area (Å²) in [6, 6.07) is 10.7. The highest BCUT2D eigenvalue weighted by atomic mass is 35.5. The van der Waals surface area contributed by atoms with Gasteiger partial charge in [0.05, 0.1) is 0 Å². The number of aromatic nitrogens is 3. The van der Waals surface area contributed by atoms with Crippen LogP contribution in [0.15, 0.2) is 55.0 Å². The number of pyridine rings is 1. The van der Waals surface area contributed by atoms with E-state index in [2.05, 4.69) is 25.6 Å². The maximum Gasteiger partial charge on any atom is 0.274 e. The van der Waals surface area contributed by atoms with E-state index in [1.807, 2.05) is 25.1 Å². The number of amides is 1. The minimum absolute atomic E-state index is 0.268. The van der Waals surface area contributed by atoms with Gasteiger partial charge in [0, 0.05) is 35.8 Å². The molecule has 3 rings (SSSR count). The zero-order valence-corrected chi connectivity index (χ0v) is 14.3. The van der Waals surface area contributed by atoms with Gasteiger partial charge in [-0.2, -0.15) is 0 Å². The lowest BCUT2D eigenvalue weighted by Crippen LogP contribution is -2.15. The highest BCUT2D eigenvalue weighted by molar-refractivity contribution is 6.31. The van der Waals surface area contributed by atoms with Gasteiger partial charge < -0.3 is 10.6 Å². The molecule has 0 bridgehead atoms. The fourth-order valence-corrected chi connectivity index (χ4v) is 2.30. The first-order chi connectivity index (χ1) is 12.1. The molecule has 0 spiro atoms. The summed E-state index contributed by atoms with van der Waals surface area (Å²) in [6.07, 6.45) is 4.97. The summed E-state index contributed by atoms with van der Waals surface area (Å²) >= 11 is 6.08. The average Bonchev–Trinajstić information content (AvgIpc) is 2.64. The van der Waals surface area contributed by atoms with E-state index in [9.17, 15) is 4.79 Å². The number of anilines is 2. The van der Waals surface area contributed by atoms with Crippen molar-refractivity contribution in [2.24, 2.45) is 0 Å². The fraction of sp³-hybridized carbons (Fsp3) is 0.111. The highest BCUT2D eigenvalue weighted by Gasteiger charge is 2.10. The Morgan fingerprint density at radius 1 is 1.12 bits per heavy atom. The third-order valence-electron chi connectivity index (χ3n) is 3.52. The molecule has 2 N–H and O–H groups in total. The number of carbonyl (C=O) groups is 1. The van der Waals surface area contributed by atoms with Crippen LogP contribution >= 0.6 is 11.6 Å². The van der Waals surface area contributed by atoms with Crippen molar-refractivity contribution in [1.29, 1.82) is 0 Å². The molecule has 2 aromatic heterocycles. The predicted octanol–water partition coefficient (Wildman–Crippen LogP) is 3.70.